The predicted molar refractivity (Wildman–Crippen MR) is 125 cm³/mol. The summed E-state index contributed by atoms with van der Waals surface area (Å²) in [7, 11) is 0. The minimum absolute atomic E-state index is 0.135. The normalized spacial score (nSPS) is 11.9. The van der Waals surface area contributed by atoms with Crippen molar-refractivity contribution in [3.05, 3.63) is 84.1 Å². The first-order chi connectivity index (χ1) is 15.6. The molecule has 0 aliphatic heterocycles. The number of hydrogen-bond acceptors (Lipinski definition) is 4. The second-order valence-corrected chi connectivity index (χ2v) is 7.58. The third kappa shape index (κ3) is 4.45. The van der Waals surface area contributed by atoms with Crippen LogP contribution in [0.25, 0.3) is 22.0 Å². The Morgan fingerprint density at radius 1 is 1.09 bits per heavy atom. The summed E-state index contributed by atoms with van der Waals surface area (Å²) in [5.41, 5.74) is 3.72. The number of H-pyrrole nitrogens is 1. The van der Waals surface area contributed by atoms with E-state index in [4.69, 9.17) is 4.74 Å². The molecule has 3 aromatic carbocycles. The van der Waals surface area contributed by atoms with Crippen LogP contribution in [0.3, 0.4) is 0 Å². The number of ether oxygens (including phenoxy) is 1. The first-order valence-corrected chi connectivity index (χ1v) is 10.6. The Labute approximate surface area is 186 Å². The van der Waals surface area contributed by atoms with Gasteiger partial charge >= 0.3 is 0 Å². The maximum absolute atomic E-state index is 13.2. The number of carbonyl (C=O) groups excluding carboxylic acids is 1. The Bertz CT molecular complexity index is 1230. The minimum atomic E-state index is -0.468. The van der Waals surface area contributed by atoms with E-state index in [2.05, 4.69) is 10.3 Å². The quantitative estimate of drug-likeness (QED) is 0.336. The number of aromatic hydroxyl groups is 1. The van der Waals surface area contributed by atoms with Gasteiger partial charge in [-0.25, -0.2) is 0 Å². The second-order valence-electron chi connectivity index (χ2n) is 7.58. The Kier molecular flexibility index (Phi) is 6.42. The number of carbonyl (C=O) groups is 1. The molecule has 164 valence electrons. The molecule has 1 aromatic heterocycles. The van der Waals surface area contributed by atoms with Crippen LogP contribution in [0.1, 0.15) is 22.8 Å². The van der Waals surface area contributed by atoms with Crippen molar-refractivity contribution in [3.8, 4) is 22.6 Å². The largest absolute Gasteiger partial charge is 0.507 e. The Morgan fingerprint density at radius 3 is 2.66 bits per heavy atom. The summed E-state index contributed by atoms with van der Waals surface area (Å²) in [6, 6.07) is 19.7. The van der Waals surface area contributed by atoms with Gasteiger partial charge in [-0.05, 0) is 48.7 Å². The van der Waals surface area contributed by atoms with Gasteiger partial charge in [-0.2, -0.15) is 0 Å². The average Bonchev–Trinajstić information content (AvgIpc) is 3.22. The number of para-hydroxylation sites is 2. The molecule has 0 fully saturated rings. The van der Waals surface area contributed by atoms with E-state index in [-0.39, 0.29) is 18.3 Å². The van der Waals surface area contributed by atoms with E-state index in [1.807, 2.05) is 49.5 Å². The Hall–Kier alpha value is -3.77. The summed E-state index contributed by atoms with van der Waals surface area (Å²) >= 11 is 0. The third-order valence-corrected chi connectivity index (χ3v) is 5.44. The number of aliphatic hydroxyl groups excluding tert-OH is 1. The van der Waals surface area contributed by atoms with Crippen LogP contribution in [-0.4, -0.2) is 40.4 Å². The van der Waals surface area contributed by atoms with Crippen molar-refractivity contribution >= 4 is 16.8 Å². The number of rotatable bonds is 8. The molecular formula is C26H26N2O4. The van der Waals surface area contributed by atoms with Crippen molar-refractivity contribution in [1.82, 2.24) is 10.3 Å². The maximum atomic E-state index is 13.2. The van der Waals surface area contributed by atoms with Crippen molar-refractivity contribution in [2.75, 3.05) is 13.2 Å². The fourth-order valence-electron chi connectivity index (χ4n) is 3.86. The van der Waals surface area contributed by atoms with Crippen molar-refractivity contribution < 1.29 is 19.7 Å². The molecule has 0 saturated carbocycles. The van der Waals surface area contributed by atoms with Gasteiger partial charge in [0.2, 0.25) is 0 Å². The van der Waals surface area contributed by atoms with E-state index in [0.29, 0.717) is 35.5 Å². The van der Waals surface area contributed by atoms with E-state index >= 15 is 0 Å². The number of hydrogen-bond donors (Lipinski definition) is 4. The van der Waals surface area contributed by atoms with Gasteiger partial charge in [-0.1, -0.05) is 42.5 Å². The van der Waals surface area contributed by atoms with Gasteiger partial charge in [-0.3, -0.25) is 4.79 Å². The van der Waals surface area contributed by atoms with Crippen LogP contribution < -0.4 is 10.1 Å². The van der Waals surface area contributed by atoms with Crippen LogP contribution in [0, 0.1) is 0 Å². The van der Waals surface area contributed by atoms with Gasteiger partial charge in [0.05, 0.1) is 24.8 Å². The number of aromatic nitrogens is 1. The number of benzene rings is 3. The van der Waals surface area contributed by atoms with E-state index in [9.17, 15) is 15.0 Å². The van der Waals surface area contributed by atoms with E-state index in [1.54, 1.807) is 30.3 Å². The molecule has 1 heterocycles. The van der Waals surface area contributed by atoms with E-state index in [0.717, 1.165) is 16.5 Å². The van der Waals surface area contributed by atoms with Crippen LogP contribution >= 0.6 is 0 Å². The summed E-state index contributed by atoms with van der Waals surface area (Å²) in [6.45, 7) is 2.07. The van der Waals surface area contributed by atoms with Gasteiger partial charge in [0.1, 0.15) is 11.5 Å². The molecule has 4 rings (SSSR count). The molecule has 4 aromatic rings. The van der Waals surface area contributed by atoms with Crippen molar-refractivity contribution in [3.63, 3.8) is 0 Å². The summed E-state index contributed by atoms with van der Waals surface area (Å²) in [4.78, 5) is 16.4. The molecule has 32 heavy (non-hydrogen) atoms. The molecule has 0 saturated heterocycles. The number of fused-ring (bicyclic) bond motifs is 1. The van der Waals surface area contributed by atoms with Crippen molar-refractivity contribution in [2.24, 2.45) is 0 Å². The molecular weight excluding hydrogens is 404 g/mol. The van der Waals surface area contributed by atoms with Gasteiger partial charge < -0.3 is 25.3 Å². The Morgan fingerprint density at radius 2 is 1.88 bits per heavy atom. The highest BCUT2D eigenvalue weighted by atomic mass is 16.5. The van der Waals surface area contributed by atoms with Gasteiger partial charge in [0.15, 0.2) is 0 Å². The molecule has 0 spiro atoms. The molecule has 1 amide bonds. The standard InChI is InChI=1S/C26H26N2O4/c1-2-32-25-12-11-17(21-8-4-6-10-24(21)30)14-22(25)26(31)28-19(16-29)13-18-15-27-23-9-5-3-7-20(18)23/h3-12,14-15,19,27,29-30H,2,13,16H2,1H3,(H,28,31). The molecule has 6 heteroatoms. The van der Waals surface area contributed by atoms with Crippen molar-refractivity contribution in [1.29, 1.82) is 0 Å². The molecule has 1 unspecified atom stereocenters. The highest BCUT2D eigenvalue weighted by Crippen LogP contribution is 2.32. The highest BCUT2D eigenvalue weighted by molar-refractivity contribution is 5.98. The smallest absolute Gasteiger partial charge is 0.255 e. The summed E-state index contributed by atoms with van der Waals surface area (Å²) < 4.78 is 5.67. The lowest BCUT2D eigenvalue weighted by Crippen LogP contribution is -2.39. The van der Waals surface area contributed by atoms with Crippen LogP contribution in [0.5, 0.6) is 11.5 Å². The first-order valence-electron chi connectivity index (χ1n) is 10.6. The molecule has 0 aliphatic carbocycles. The number of aromatic amines is 1. The molecule has 0 radical (unpaired) electrons. The fraction of sp³-hybridized carbons (Fsp3) is 0.192. The zero-order chi connectivity index (χ0) is 22.5. The van der Waals surface area contributed by atoms with Crippen LogP contribution in [0.4, 0.5) is 0 Å². The first kappa shape index (κ1) is 21.5. The maximum Gasteiger partial charge on any atom is 0.255 e. The van der Waals surface area contributed by atoms with Crippen LogP contribution in [0.2, 0.25) is 0 Å². The molecule has 6 nitrogen and oxygen atoms in total. The predicted octanol–water partition coefficient (Wildman–Crippen LogP) is 4.27. The Balaban J connectivity index is 1.60. The SMILES string of the molecule is CCOc1ccc(-c2ccccc2O)cc1C(=O)NC(CO)Cc1c[nH]c2ccccc12. The highest BCUT2D eigenvalue weighted by Gasteiger charge is 2.20. The van der Waals surface area contributed by atoms with Gasteiger partial charge in [0, 0.05) is 22.7 Å². The molecule has 0 bridgehead atoms. The molecule has 4 N–H and O–H groups in total. The van der Waals surface area contributed by atoms with Gasteiger partial charge in [-0.15, -0.1) is 0 Å². The number of phenols is 1. The third-order valence-electron chi connectivity index (χ3n) is 5.44. The summed E-state index contributed by atoms with van der Waals surface area (Å²) in [5.74, 6) is 0.244. The van der Waals surface area contributed by atoms with Gasteiger partial charge in [0.25, 0.3) is 5.91 Å². The lowest BCUT2D eigenvalue weighted by atomic mass is 10.0. The van der Waals surface area contributed by atoms with Crippen LogP contribution in [0.15, 0.2) is 72.9 Å². The zero-order valence-electron chi connectivity index (χ0n) is 17.8. The zero-order valence-corrected chi connectivity index (χ0v) is 17.8. The summed E-state index contributed by atoms with van der Waals surface area (Å²) in [6.07, 6.45) is 2.39. The average molecular weight is 431 g/mol. The molecule has 1 atom stereocenters. The van der Waals surface area contributed by atoms with Crippen molar-refractivity contribution in [2.45, 2.75) is 19.4 Å². The monoisotopic (exact) mass is 430 g/mol. The second kappa shape index (κ2) is 9.58. The lowest BCUT2D eigenvalue weighted by molar-refractivity contribution is 0.0913. The number of amides is 1. The minimum Gasteiger partial charge on any atom is -0.507 e. The number of nitrogens with one attached hydrogen (secondary N) is 2. The topological polar surface area (TPSA) is 94.6 Å². The van der Waals surface area contributed by atoms with E-state index < -0.39 is 6.04 Å². The number of phenolic OH excluding ortho intramolecular Hbond substituents is 1. The van der Waals surface area contributed by atoms with Crippen LogP contribution in [-0.2, 0) is 6.42 Å². The van der Waals surface area contributed by atoms with E-state index in [1.165, 1.54) is 0 Å². The number of aliphatic hydroxyl groups is 1. The molecule has 0 aliphatic rings. The lowest BCUT2D eigenvalue weighted by Gasteiger charge is -2.18. The fourth-order valence-corrected chi connectivity index (χ4v) is 3.86. The summed E-state index contributed by atoms with van der Waals surface area (Å²) in [5, 5.41) is 24.2.